The van der Waals surface area contributed by atoms with Crippen LogP contribution >= 0.6 is 11.8 Å². The van der Waals surface area contributed by atoms with Crippen molar-refractivity contribution < 1.29 is 4.79 Å². The van der Waals surface area contributed by atoms with Crippen molar-refractivity contribution in [1.82, 2.24) is 29.5 Å². The Hall–Kier alpha value is -3.53. The second-order valence-electron chi connectivity index (χ2n) is 5.94. The topological polar surface area (TPSA) is 124 Å². The maximum Gasteiger partial charge on any atom is 0.323 e. The maximum absolute atomic E-state index is 12.3. The molecule has 0 saturated heterocycles. The molecule has 0 atom stereocenters. The number of nitrogens with zero attached hydrogens (tertiary/aromatic N) is 3. The zero-order chi connectivity index (χ0) is 18.4. The van der Waals surface area contributed by atoms with Gasteiger partial charge >= 0.3 is 5.69 Å². The van der Waals surface area contributed by atoms with Crippen molar-refractivity contribution in [2.75, 3.05) is 11.1 Å². The first-order valence-electron chi connectivity index (χ1n) is 8.14. The number of aromatic amines is 3. The normalized spacial score (nSPS) is 11.6. The van der Waals surface area contributed by atoms with Crippen LogP contribution in [0.5, 0.6) is 0 Å². The van der Waals surface area contributed by atoms with Crippen LogP contribution in [0.2, 0.25) is 0 Å². The molecule has 9 nitrogen and oxygen atoms in total. The smallest absolute Gasteiger partial charge is 0.323 e. The third-order valence-electron chi connectivity index (χ3n) is 4.14. The van der Waals surface area contributed by atoms with E-state index in [1.54, 1.807) is 18.2 Å². The highest BCUT2D eigenvalue weighted by atomic mass is 32.2. The predicted octanol–water partition coefficient (Wildman–Crippen LogP) is 2.11. The third kappa shape index (κ3) is 2.75. The molecule has 0 aliphatic rings. The summed E-state index contributed by atoms with van der Waals surface area (Å²) in [5.41, 5.74) is 3.47. The van der Waals surface area contributed by atoms with Crippen molar-refractivity contribution in [2.45, 2.75) is 5.16 Å². The maximum atomic E-state index is 12.3. The molecule has 3 heterocycles. The number of para-hydroxylation sites is 2. The first kappa shape index (κ1) is 15.7. The van der Waals surface area contributed by atoms with E-state index in [4.69, 9.17) is 0 Å². The van der Waals surface area contributed by atoms with Crippen LogP contribution in [0.4, 0.5) is 5.69 Å². The molecular formula is C17H13N7O2S. The van der Waals surface area contributed by atoms with Gasteiger partial charge in [0.2, 0.25) is 11.7 Å². The Kier molecular flexibility index (Phi) is 3.50. The molecule has 0 aliphatic carbocycles. The number of hydrogen-bond donors (Lipinski definition) is 4. The van der Waals surface area contributed by atoms with Gasteiger partial charge in [0.15, 0.2) is 5.16 Å². The average Bonchev–Trinajstić information content (AvgIpc) is 3.32. The number of imidazole rings is 2. The second-order valence-corrected chi connectivity index (χ2v) is 6.88. The van der Waals surface area contributed by atoms with E-state index in [0.717, 1.165) is 11.0 Å². The fraction of sp³-hybridized carbons (Fsp3) is 0.0588. The van der Waals surface area contributed by atoms with Gasteiger partial charge in [0.05, 0.1) is 27.8 Å². The zero-order valence-corrected chi connectivity index (χ0v) is 14.6. The minimum Gasteiger partial charge on any atom is -0.325 e. The van der Waals surface area contributed by atoms with Crippen LogP contribution in [0.15, 0.2) is 52.4 Å². The number of aromatic nitrogens is 6. The lowest BCUT2D eigenvalue weighted by Crippen LogP contribution is -2.14. The molecule has 27 heavy (non-hydrogen) atoms. The fourth-order valence-corrected chi connectivity index (χ4v) is 3.73. The molecule has 0 spiro atoms. The molecule has 1 amide bonds. The number of benzene rings is 2. The first-order valence-corrected chi connectivity index (χ1v) is 9.12. The van der Waals surface area contributed by atoms with Gasteiger partial charge in [-0.2, -0.15) is 0 Å². The molecule has 5 rings (SSSR count). The van der Waals surface area contributed by atoms with Crippen molar-refractivity contribution in [3.05, 3.63) is 52.9 Å². The van der Waals surface area contributed by atoms with E-state index < -0.39 is 0 Å². The summed E-state index contributed by atoms with van der Waals surface area (Å²) in [6.07, 6.45) is 0. The number of hydrogen-bond acceptors (Lipinski definition) is 5. The minimum absolute atomic E-state index is 0.169. The SMILES string of the molecule is O=C(CSc1n[nH]c2nc3ccccc3n12)Nc1ccc2[nH]c(=O)[nH]c2c1. The fourth-order valence-electron chi connectivity index (χ4n) is 2.98. The van der Waals surface area contributed by atoms with Crippen molar-refractivity contribution in [3.63, 3.8) is 0 Å². The van der Waals surface area contributed by atoms with Gasteiger partial charge in [-0.05, 0) is 30.3 Å². The van der Waals surface area contributed by atoms with Gasteiger partial charge in [-0.3, -0.25) is 9.20 Å². The van der Waals surface area contributed by atoms with E-state index in [9.17, 15) is 9.59 Å². The van der Waals surface area contributed by atoms with Gasteiger partial charge in [0, 0.05) is 5.69 Å². The molecule has 2 aromatic carbocycles. The van der Waals surface area contributed by atoms with Gasteiger partial charge in [-0.15, -0.1) is 5.10 Å². The lowest BCUT2D eigenvalue weighted by Gasteiger charge is -2.04. The van der Waals surface area contributed by atoms with E-state index in [1.165, 1.54) is 11.8 Å². The van der Waals surface area contributed by atoms with Crippen LogP contribution in [0.1, 0.15) is 0 Å². The summed E-state index contributed by atoms with van der Waals surface area (Å²) in [7, 11) is 0. The van der Waals surface area contributed by atoms with Crippen LogP contribution in [0, 0.1) is 0 Å². The standard InChI is InChI=1S/C17H13N7O2S/c25-14(18-9-5-6-10-12(7-9)21-16(26)20-10)8-27-17-23-22-15-19-11-3-1-2-4-13(11)24(15)17/h1-7H,8H2,(H,18,25)(H,19,22)(H2,20,21,26). The lowest BCUT2D eigenvalue weighted by atomic mass is 10.3. The number of nitrogens with one attached hydrogen (secondary N) is 4. The monoisotopic (exact) mass is 379 g/mol. The molecule has 0 radical (unpaired) electrons. The Morgan fingerprint density at radius 3 is 2.93 bits per heavy atom. The first-order chi connectivity index (χ1) is 13.2. The van der Waals surface area contributed by atoms with Crippen molar-refractivity contribution in [1.29, 1.82) is 0 Å². The summed E-state index contributed by atoms with van der Waals surface area (Å²) >= 11 is 1.32. The van der Waals surface area contributed by atoms with Crippen molar-refractivity contribution in [3.8, 4) is 0 Å². The van der Waals surface area contributed by atoms with Gasteiger partial charge in [-0.1, -0.05) is 23.9 Å². The third-order valence-corrected chi connectivity index (χ3v) is 5.07. The summed E-state index contributed by atoms with van der Waals surface area (Å²) in [5, 5.41) is 10.6. The number of thioether (sulfide) groups is 1. The van der Waals surface area contributed by atoms with Crippen LogP contribution in [0.3, 0.4) is 0 Å². The van der Waals surface area contributed by atoms with E-state index in [-0.39, 0.29) is 17.3 Å². The highest BCUT2D eigenvalue weighted by Crippen LogP contribution is 2.23. The molecule has 0 unspecified atom stereocenters. The van der Waals surface area contributed by atoms with E-state index in [1.807, 2.05) is 28.7 Å². The number of amides is 1. The molecular weight excluding hydrogens is 366 g/mol. The molecule has 3 aromatic heterocycles. The Morgan fingerprint density at radius 2 is 2.00 bits per heavy atom. The second kappa shape index (κ2) is 6.02. The molecule has 0 aliphatic heterocycles. The highest BCUT2D eigenvalue weighted by Gasteiger charge is 2.13. The number of carbonyl (C=O) groups is 1. The lowest BCUT2D eigenvalue weighted by molar-refractivity contribution is -0.113. The zero-order valence-electron chi connectivity index (χ0n) is 13.8. The molecule has 0 bridgehead atoms. The van der Waals surface area contributed by atoms with E-state index >= 15 is 0 Å². The minimum atomic E-state index is -0.279. The number of fused-ring (bicyclic) bond motifs is 4. The molecule has 134 valence electrons. The largest absolute Gasteiger partial charge is 0.325 e. The van der Waals surface area contributed by atoms with Gasteiger partial charge in [0.25, 0.3) is 0 Å². The molecule has 0 fully saturated rings. The Labute approximate surface area is 155 Å². The molecule has 0 saturated carbocycles. The Bertz CT molecular complexity index is 1360. The van der Waals surface area contributed by atoms with Crippen LogP contribution in [-0.4, -0.2) is 41.2 Å². The van der Waals surface area contributed by atoms with Gasteiger partial charge < -0.3 is 15.3 Å². The summed E-state index contributed by atoms with van der Waals surface area (Å²) < 4.78 is 1.89. The predicted molar refractivity (Wildman–Crippen MR) is 103 cm³/mol. The Morgan fingerprint density at radius 1 is 1.15 bits per heavy atom. The van der Waals surface area contributed by atoms with Crippen molar-refractivity contribution in [2.24, 2.45) is 0 Å². The molecule has 4 N–H and O–H groups in total. The van der Waals surface area contributed by atoms with Crippen molar-refractivity contribution >= 4 is 51.2 Å². The highest BCUT2D eigenvalue weighted by molar-refractivity contribution is 7.99. The summed E-state index contributed by atoms with van der Waals surface area (Å²) in [4.78, 5) is 33.4. The number of H-pyrrole nitrogens is 3. The molecule has 5 aromatic rings. The quantitative estimate of drug-likeness (QED) is 0.356. The number of anilines is 1. The number of rotatable bonds is 4. The average molecular weight is 379 g/mol. The molecule has 10 heteroatoms. The summed E-state index contributed by atoms with van der Waals surface area (Å²) in [6.45, 7) is 0. The van der Waals surface area contributed by atoms with Crippen LogP contribution in [-0.2, 0) is 4.79 Å². The van der Waals surface area contributed by atoms with Crippen LogP contribution in [0.25, 0.3) is 27.8 Å². The van der Waals surface area contributed by atoms with E-state index in [2.05, 4.69) is 30.5 Å². The summed E-state index contributed by atoms with van der Waals surface area (Å²) in [6, 6.07) is 12.9. The van der Waals surface area contributed by atoms with Crippen LogP contribution < -0.4 is 11.0 Å². The van der Waals surface area contributed by atoms with E-state index in [0.29, 0.717) is 27.7 Å². The summed E-state index contributed by atoms with van der Waals surface area (Å²) in [5.74, 6) is 0.660. The Balaban J connectivity index is 1.34. The van der Waals surface area contributed by atoms with Gasteiger partial charge in [0.1, 0.15) is 0 Å². The number of carbonyl (C=O) groups excluding carboxylic acids is 1. The van der Waals surface area contributed by atoms with Gasteiger partial charge in [-0.25, -0.2) is 14.9 Å².